The van der Waals surface area contributed by atoms with Gasteiger partial charge in [0.1, 0.15) is 5.75 Å². The second kappa shape index (κ2) is 5.57. The van der Waals surface area contributed by atoms with Gasteiger partial charge < -0.3 is 19.5 Å². The molecular formula is C13H18BrNO3. The fraction of sp³-hybridized carbons (Fsp3) is 0.538. The van der Waals surface area contributed by atoms with Crippen LogP contribution in [-0.4, -0.2) is 33.4 Å². The van der Waals surface area contributed by atoms with Crippen LogP contribution < -0.4 is 10.1 Å². The summed E-state index contributed by atoms with van der Waals surface area (Å²) in [5, 5.41) is 3.14. The molecule has 1 aromatic carbocycles. The highest BCUT2D eigenvalue weighted by atomic mass is 79.9. The molecule has 1 N–H and O–H groups in total. The molecule has 1 aliphatic heterocycles. The topological polar surface area (TPSA) is 39.7 Å². The third-order valence-corrected chi connectivity index (χ3v) is 3.82. The van der Waals surface area contributed by atoms with Gasteiger partial charge in [0.25, 0.3) is 0 Å². The Kier molecular flexibility index (Phi) is 4.27. The Labute approximate surface area is 116 Å². The van der Waals surface area contributed by atoms with Crippen LogP contribution in [0.2, 0.25) is 0 Å². The highest BCUT2D eigenvalue weighted by molar-refractivity contribution is 9.10. The molecule has 18 heavy (non-hydrogen) atoms. The second-order valence-corrected chi connectivity index (χ2v) is 5.26. The molecule has 5 heteroatoms. The molecule has 1 fully saturated rings. The number of methoxy groups -OCH3 is 1. The zero-order chi connectivity index (χ0) is 13.2. The van der Waals surface area contributed by atoms with E-state index in [4.69, 9.17) is 14.2 Å². The molecule has 0 aliphatic carbocycles. The summed E-state index contributed by atoms with van der Waals surface area (Å²) >= 11 is 3.48. The quantitative estimate of drug-likeness (QED) is 0.929. The minimum absolute atomic E-state index is 0.250. The van der Waals surface area contributed by atoms with E-state index in [1.54, 1.807) is 7.11 Å². The molecule has 0 spiro atoms. The summed E-state index contributed by atoms with van der Waals surface area (Å²) in [6, 6.07) is 6.09. The number of hydrogen-bond donors (Lipinski definition) is 1. The van der Waals surface area contributed by atoms with E-state index in [1.165, 1.54) is 0 Å². The molecule has 0 bridgehead atoms. The molecule has 2 rings (SSSR count). The first kappa shape index (κ1) is 13.8. The van der Waals surface area contributed by atoms with Crippen molar-refractivity contribution in [3.63, 3.8) is 0 Å². The first-order valence-electron chi connectivity index (χ1n) is 5.88. The van der Waals surface area contributed by atoms with Gasteiger partial charge in [0.05, 0.1) is 30.8 Å². The van der Waals surface area contributed by atoms with Crippen LogP contribution >= 0.6 is 15.9 Å². The number of benzene rings is 1. The first-order valence-corrected chi connectivity index (χ1v) is 6.67. The third-order valence-electron chi connectivity index (χ3n) is 3.20. The lowest BCUT2D eigenvalue weighted by Crippen LogP contribution is -2.47. The number of ether oxygens (including phenoxy) is 3. The molecular weight excluding hydrogens is 298 g/mol. The molecule has 4 nitrogen and oxygen atoms in total. The van der Waals surface area contributed by atoms with Crippen LogP contribution in [0, 0.1) is 0 Å². The van der Waals surface area contributed by atoms with Gasteiger partial charge in [-0.05, 0) is 48.1 Å². The maximum Gasteiger partial charge on any atom is 0.192 e. The Morgan fingerprint density at radius 2 is 2.06 bits per heavy atom. The average Bonchev–Trinajstić information content (AvgIpc) is 2.39. The summed E-state index contributed by atoms with van der Waals surface area (Å²) in [5.41, 5.74) is 0.977. The van der Waals surface area contributed by atoms with Crippen LogP contribution in [-0.2, 0) is 15.3 Å². The zero-order valence-corrected chi connectivity index (χ0v) is 12.4. The van der Waals surface area contributed by atoms with Crippen LogP contribution in [0.4, 0.5) is 0 Å². The van der Waals surface area contributed by atoms with Gasteiger partial charge in [-0.1, -0.05) is 0 Å². The summed E-state index contributed by atoms with van der Waals surface area (Å²) in [7, 11) is 3.55. The van der Waals surface area contributed by atoms with E-state index >= 15 is 0 Å². The molecule has 0 aromatic heterocycles. The summed E-state index contributed by atoms with van der Waals surface area (Å²) < 4.78 is 17.8. The normalized spacial score (nSPS) is 28.1. The summed E-state index contributed by atoms with van der Waals surface area (Å²) in [6.07, 6.45) is 0. The van der Waals surface area contributed by atoms with Crippen LogP contribution in [0.25, 0.3) is 0 Å². The predicted molar refractivity (Wildman–Crippen MR) is 72.8 cm³/mol. The largest absolute Gasteiger partial charge is 0.496 e. The van der Waals surface area contributed by atoms with Gasteiger partial charge in [0.15, 0.2) is 5.79 Å². The Morgan fingerprint density at radius 3 is 2.56 bits per heavy atom. The van der Waals surface area contributed by atoms with Crippen LogP contribution in [0.5, 0.6) is 5.75 Å². The summed E-state index contributed by atoms with van der Waals surface area (Å²) in [5.74, 6) is 0.105. The van der Waals surface area contributed by atoms with E-state index in [2.05, 4.69) is 21.2 Å². The first-order chi connectivity index (χ1) is 8.59. The molecule has 0 unspecified atom stereocenters. The van der Waals surface area contributed by atoms with E-state index in [-0.39, 0.29) is 6.04 Å². The Morgan fingerprint density at radius 1 is 1.39 bits per heavy atom. The summed E-state index contributed by atoms with van der Waals surface area (Å²) in [4.78, 5) is 0. The van der Waals surface area contributed by atoms with Crippen molar-refractivity contribution in [3.8, 4) is 5.75 Å². The van der Waals surface area contributed by atoms with E-state index in [0.717, 1.165) is 15.8 Å². The molecule has 1 saturated heterocycles. The molecule has 1 heterocycles. The lowest BCUT2D eigenvalue weighted by atomic mass is 10.1. The maximum absolute atomic E-state index is 5.84. The van der Waals surface area contributed by atoms with Crippen LogP contribution in [0.1, 0.15) is 12.5 Å². The molecule has 0 atom stereocenters. The van der Waals surface area contributed by atoms with Gasteiger partial charge in [-0.3, -0.25) is 0 Å². The van der Waals surface area contributed by atoms with Gasteiger partial charge in [0, 0.05) is 5.56 Å². The van der Waals surface area contributed by atoms with Crippen molar-refractivity contribution >= 4 is 15.9 Å². The molecule has 1 aliphatic rings. The van der Waals surface area contributed by atoms with Crippen molar-refractivity contribution in [1.82, 2.24) is 5.32 Å². The second-order valence-electron chi connectivity index (χ2n) is 4.40. The number of nitrogens with one attached hydrogen (secondary N) is 1. The van der Waals surface area contributed by atoms with Crippen LogP contribution in [0.15, 0.2) is 22.7 Å². The van der Waals surface area contributed by atoms with Gasteiger partial charge >= 0.3 is 0 Å². The molecule has 1 aromatic rings. The molecule has 0 radical (unpaired) electrons. The Hall–Kier alpha value is -0.620. The van der Waals surface area contributed by atoms with Gasteiger partial charge in [-0.2, -0.15) is 0 Å². The van der Waals surface area contributed by atoms with Crippen molar-refractivity contribution in [2.24, 2.45) is 0 Å². The third kappa shape index (κ3) is 2.69. The van der Waals surface area contributed by atoms with Gasteiger partial charge in [-0.25, -0.2) is 0 Å². The fourth-order valence-electron chi connectivity index (χ4n) is 1.89. The van der Waals surface area contributed by atoms with Crippen molar-refractivity contribution < 1.29 is 14.2 Å². The smallest absolute Gasteiger partial charge is 0.192 e. The van der Waals surface area contributed by atoms with Gasteiger partial charge in [0.2, 0.25) is 0 Å². The molecule has 0 amide bonds. The Balaban J connectivity index is 2.18. The molecule has 100 valence electrons. The zero-order valence-electron chi connectivity index (χ0n) is 10.8. The van der Waals surface area contributed by atoms with Crippen molar-refractivity contribution in [3.05, 3.63) is 28.2 Å². The number of rotatable bonds is 3. The Bertz CT molecular complexity index is 417. The average molecular weight is 316 g/mol. The minimum Gasteiger partial charge on any atom is -0.496 e. The number of halogens is 1. The highest BCUT2D eigenvalue weighted by Crippen LogP contribution is 2.35. The number of likely N-dealkylation sites (N-methyl/N-ethyl adjacent to an activating group) is 1. The van der Waals surface area contributed by atoms with Crippen molar-refractivity contribution in [2.75, 3.05) is 27.4 Å². The summed E-state index contributed by atoms with van der Waals surface area (Å²) in [6.45, 7) is 3.21. The lowest BCUT2D eigenvalue weighted by Gasteiger charge is -2.38. The monoisotopic (exact) mass is 315 g/mol. The van der Waals surface area contributed by atoms with Crippen molar-refractivity contribution in [2.45, 2.75) is 18.8 Å². The lowest BCUT2D eigenvalue weighted by molar-refractivity contribution is -0.272. The van der Waals surface area contributed by atoms with Crippen LogP contribution in [0.3, 0.4) is 0 Å². The number of hydrogen-bond acceptors (Lipinski definition) is 4. The predicted octanol–water partition coefficient (Wildman–Crippen LogP) is 2.27. The fourth-order valence-corrected chi connectivity index (χ4v) is 2.43. The minimum atomic E-state index is -0.692. The standard InChI is InChI=1S/C13H18BrNO3/c1-13(17-7-10(15-2)8-18-13)9-4-5-12(16-3)11(14)6-9/h4-6,10,15H,7-8H2,1-3H3. The highest BCUT2D eigenvalue weighted by Gasteiger charge is 2.34. The van der Waals surface area contributed by atoms with Gasteiger partial charge in [-0.15, -0.1) is 0 Å². The molecule has 0 saturated carbocycles. The maximum atomic E-state index is 5.84. The van der Waals surface area contributed by atoms with E-state index in [0.29, 0.717) is 13.2 Å². The van der Waals surface area contributed by atoms with E-state index in [9.17, 15) is 0 Å². The van der Waals surface area contributed by atoms with E-state index < -0.39 is 5.79 Å². The van der Waals surface area contributed by atoms with Crippen molar-refractivity contribution in [1.29, 1.82) is 0 Å². The SMILES string of the molecule is CNC1COC(C)(c2ccc(OC)c(Br)c2)OC1. The van der Waals surface area contributed by atoms with E-state index in [1.807, 2.05) is 32.2 Å².